The van der Waals surface area contributed by atoms with Gasteiger partial charge in [0, 0.05) is 12.4 Å². The molecule has 0 bridgehead atoms. The van der Waals surface area contributed by atoms with E-state index in [1.54, 1.807) is 12.4 Å². The molecular weight excluding hydrogens is 166 g/mol. The van der Waals surface area contributed by atoms with E-state index in [1.807, 2.05) is 6.92 Å². The summed E-state index contributed by atoms with van der Waals surface area (Å²) < 4.78 is 5.25. The van der Waals surface area contributed by atoms with Crippen molar-refractivity contribution in [3.05, 3.63) is 30.8 Å². The van der Waals surface area contributed by atoms with Gasteiger partial charge < -0.3 is 4.42 Å². The van der Waals surface area contributed by atoms with Crippen molar-refractivity contribution >= 4 is 0 Å². The first-order valence-corrected chi connectivity index (χ1v) is 4.09. The zero-order valence-corrected chi connectivity index (χ0v) is 7.27. The third kappa shape index (κ3) is 1.42. The summed E-state index contributed by atoms with van der Waals surface area (Å²) in [4.78, 5) is 11.9. The molecule has 2 aromatic heterocycles. The molecule has 2 aromatic rings. The van der Waals surface area contributed by atoms with E-state index in [0.29, 0.717) is 0 Å². The van der Waals surface area contributed by atoms with Gasteiger partial charge in [-0.15, -0.1) is 0 Å². The average Bonchev–Trinajstić information content (AvgIpc) is 2.67. The molecular formula is C9H9N3O. The lowest BCUT2D eigenvalue weighted by atomic mass is 10.2. The monoisotopic (exact) mass is 175 g/mol. The van der Waals surface area contributed by atoms with Crippen molar-refractivity contribution in [1.29, 1.82) is 0 Å². The van der Waals surface area contributed by atoms with Gasteiger partial charge in [-0.1, -0.05) is 6.92 Å². The lowest BCUT2D eigenvalue weighted by Gasteiger charge is -1.95. The van der Waals surface area contributed by atoms with Gasteiger partial charge in [-0.2, -0.15) is 0 Å². The number of rotatable bonds is 2. The fraction of sp³-hybridized carbons (Fsp3) is 0.222. The van der Waals surface area contributed by atoms with Crippen LogP contribution in [0.25, 0.3) is 11.3 Å². The molecule has 4 heteroatoms. The van der Waals surface area contributed by atoms with E-state index in [4.69, 9.17) is 4.42 Å². The minimum Gasteiger partial charge on any atom is -0.443 e. The molecule has 0 spiro atoms. The van der Waals surface area contributed by atoms with Gasteiger partial charge >= 0.3 is 0 Å². The van der Waals surface area contributed by atoms with Crippen molar-refractivity contribution in [3.63, 3.8) is 0 Å². The molecule has 0 amide bonds. The van der Waals surface area contributed by atoms with E-state index in [1.165, 1.54) is 12.7 Å². The lowest BCUT2D eigenvalue weighted by Crippen LogP contribution is -1.86. The van der Waals surface area contributed by atoms with Crippen LogP contribution >= 0.6 is 0 Å². The molecule has 0 aromatic carbocycles. The largest absolute Gasteiger partial charge is 0.443 e. The molecule has 0 aliphatic heterocycles. The van der Waals surface area contributed by atoms with Gasteiger partial charge in [0.1, 0.15) is 6.33 Å². The Labute approximate surface area is 75.7 Å². The van der Waals surface area contributed by atoms with E-state index >= 15 is 0 Å². The molecule has 0 N–H and O–H groups in total. The zero-order chi connectivity index (χ0) is 9.10. The third-order valence-corrected chi connectivity index (χ3v) is 1.80. The topological polar surface area (TPSA) is 51.8 Å². The van der Waals surface area contributed by atoms with E-state index in [9.17, 15) is 0 Å². The average molecular weight is 175 g/mol. The quantitative estimate of drug-likeness (QED) is 0.697. The molecule has 2 heterocycles. The number of oxazole rings is 1. The van der Waals surface area contributed by atoms with E-state index in [0.717, 1.165) is 23.4 Å². The van der Waals surface area contributed by atoms with Gasteiger partial charge in [-0.3, -0.25) is 0 Å². The second-order valence-electron chi connectivity index (χ2n) is 2.61. The second kappa shape index (κ2) is 3.35. The van der Waals surface area contributed by atoms with E-state index < -0.39 is 0 Å². The number of aromatic nitrogens is 3. The highest BCUT2D eigenvalue weighted by Crippen LogP contribution is 2.21. The minimum atomic E-state index is 0.767. The van der Waals surface area contributed by atoms with Crippen LogP contribution in [0.4, 0.5) is 0 Å². The van der Waals surface area contributed by atoms with Gasteiger partial charge in [0.2, 0.25) is 0 Å². The molecule has 13 heavy (non-hydrogen) atoms. The maximum Gasteiger partial charge on any atom is 0.181 e. The van der Waals surface area contributed by atoms with Crippen molar-refractivity contribution in [3.8, 4) is 11.3 Å². The number of aryl methyl sites for hydroxylation is 1. The van der Waals surface area contributed by atoms with Crippen molar-refractivity contribution in [2.45, 2.75) is 13.3 Å². The number of hydrogen-bond acceptors (Lipinski definition) is 4. The fourth-order valence-corrected chi connectivity index (χ4v) is 1.17. The standard InChI is InChI=1S/C9H9N3O/c1-2-8-9(13-6-12-8)7-3-10-5-11-4-7/h3-6H,2H2,1H3. The Morgan fingerprint density at radius 1 is 1.31 bits per heavy atom. The van der Waals surface area contributed by atoms with Crippen LogP contribution in [0.2, 0.25) is 0 Å². The van der Waals surface area contributed by atoms with Crippen LogP contribution in [0.15, 0.2) is 29.5 Å². The molecule has 0 saturated carbocycles. The highest BCUT2D eigenvalue weighted by Gasteiger charge is 2.08. The van der Waals surface area contributed by atoms with Crippen molar-refractivity contribution in [2.75, 3.05) is 0 Å². The summed E-state index contributed by atoms with van der Waals surface area (Å²) in [6.45, 7) is 2.03. The summed E-state index contributed by atoms with van der Waals surface area (Å²) in [5, 5.41) is 0. The van der Waals surface area contributed by atoms with Crippen LogP contribution in [0.3, 0.4) is 0 Å². The van der Waals surface area contributed by atoms with E-state index in [-0.39, 0.29) is 0 Å². The van der Waals surface area contributed by atoms with Gasteiger partial charge in [-0.05, 0) is 6.42 Å². The molecule has 0 atom stereocenters. The summed E-state index contributed by atoms with van der Waals surface area (Å²) in [6.07, 6.45) is 7.22. The first-order chi connectivity index (χ1) is 6.42. The normalized spacial score (nSPS) is 10.2. The van der Waals surface area contributed by atoms with Gasteiger partial charge in [0.15, 0.2) is 12.2 Å². The maximum absolute atomic E-state index is 5.25. The molecule has 0 aliphatic rings. The highest BCUT2D eigenvalue weighted by molar-refractivity contribution is 5.56. The zero-order valence-electron chi connectivity index (χ0n) is 7.27. The first kappa shape index (κ1) is 7.91. The Balaban J connectivity index is 2.47. The molecule has 0 fully saturated rings. The molecule has 2 rings (SSSR count). The second-order valence-corrected chi connectivity index (χ2v) is 2.61. The fourth-order valence-electron chi connectivity index (χ4n) is 1.17. The van der Waals surface area contributed by atoms with Crippen LogP contribution in [0, 0.1) is 0 Å². The molecule has 0 radical (unpaired) electrons. The molecule has 0 aliphatic carbocycles. The Hall–Kier alpha value is -1.71. The third-order valence-electron chi connectivity index (χ3n) is 1.80. The SMILES string of the molecule is CCc1ncoc1-c1cncnc1. The predicted octanol–water partition coefficient (Wildman–Crippen LogP) is 1.69. The molecule has 0 saturated heterocycles. The van der Waals surface area contributed by atoms with Crippen molar-refractivity contribution in [1.82, 2.24) is 15.0 Å². The minimum absolute atomic E-state index is 0.767. The number of nitrogens with zero attached hydrogens (tertiary/aromatic N) is 3. The predicted molar refractivity (Wildman–Crippen MR) is 46.9 cm³/mol. The smallest absolute Gasteiger partial charge is 0.181 e. The maximum atomic E-state index is 5.25. The molecule has 4 nitrogen and oxygen atoms in total. The Morgan fingerprint density at radius 3 is 2.77 bits per heavy atom. The summed E-state index contributed by atoms with van der Waals surface area (Å²) in [7, 11) is 0. The van der Waals surface area contributed by atoms with Crippen LogP contribution < -0.4 is 0 Å². The molecule has 66 valence electrons. The Bertz CT molecular complexity index is 383. The number of hydrogen-bond donors (Lipinski definition) is 0. The Kier molecular flexibility index (Phi) is 2.04. The summed E-state index contributed by atoms with van der Waals surface area (Å²) in [6, 6.07) is 0. The summed E-state index contributed by atoms with van der Waals surface area (Å²) in [5.74, 6) is 0.767. The Morgan fingerprint density at radius 2 is 2.08 bits per heavy atom. The van der Waals surface area contributed by atoms with Gasteiger partial charge in [0.25, 0.3) is 0 Å². The molecule has 0 unspecified atom stereocenters. The first-order valence-electron chi connectivity index (χ1n) is 4.09. The highest BCUT2D eigenvalue weighted by atomic mass is 16.3. The van der Waals surface area contributed by atoms with Gasteiger partial charge in [0.05, 0.1) is 11.3 Å². The summed E-state index contributed by atoms with van der Waals surface area (Å²) >= 11 is 0. The van der Waals surface area contributed by atoms with Crippen LogP contribution in [0.1, 0.15) is 12.6 Å². The van der Waals surface area contributed by atoms with Crippen LogP contribution in [0.5, 0.6) is 0 Å². The lowest BCUT2D eigenvalue weighted by molar-refractivity contribution is 0.570. The van der Waals surface area contributed by atoms with E-state index in [2.05, 4.69) is 15.0 Å². The van der Waals surface area contributed by atoms with Crippen molar-refractivity contribution < 1.29 is 4.42 Å². The van der Waals surface area contributed by atoms with Crippen LogP contribution in [-0.2, 0) is 6.42 Å². The van der Waals surface area contributed by atoms with Crippen molar-refractivity contribution in [2.24, 2.45) is 0 Å². The summed E-state index contributed by atoms with van der Waals surface area (Å²) in [5.41, 5.74) is 1.81. The van der Waals surface area contributed by atoms with Crippen LogP contribution in [-0.4, -0.2) is 15.0 Å². The van der Waals surface area contributed by atoms with Gasteiger partial charge in [-0.25, -0.2) is 15.0 Å².